The molecule has 0 spiro atoms. The zero-order chi connectivity index (χ0) is 18.9. The van der Waals surface area contributed by atoms with Crippen molar-refractivity contribution >= 4 is 22.6 Å². The van der Waals surface area contributed by atoms with Crippen LogP contribution in [0.2, 0.25) is 0 Å². The molecule has 0 fully saturated rings. The zero-order valence-corrected chi connectivity index (χ0v) is 15.4. The van der Waals surface area contributed by atoms with Gasteiger partial charge in [0, 0.05) is 36.4 Å². The summed E-state index contributed by atoms with van der Waals surface area (Å²) in [6.45, 7) is 3.15. The molecule has 0 saturated carbocycles. The highest BCUT2D eigenvalue weighted by Crippen LogP contribution is 2.29. The molecule has 2 amide bonds. The van der Waals surface area contributed by atoms with E-state index >= 15 is 0 Å². The fraction of sp³-hybridized carbons (Fsp3) is 0.333. The van der Waals surface area contributed by atoms with Gasteiger partial charge >= 0.3 is 6.03 Å². The molecule has 0 bridgehead atoms. The van der Waals surface area contributed by atoms with Crippen LogP contribution in [-0.4, -0.2) is 50.7 Å². The first-order chi connectivity index (χ1) is 13.1. The van der Waals surface area contributed by atoms with Gasteiger partial charge in [-0.05, 0) is 30.5 Å². The van der Waals surface area contributed by atoms with Crippen LogP contribution < -0.4 is 5.32 Å². The van der Waals surface area contributed by atoms with E-state index in [4.69, 9.17) is 0 Å². The van der Waals surface area contributed by atoms with Crippen molar-refractivity contribution < 1.29 is 9.90 Å². The van der Waals surface area contributed by atoms with Crippen LogP contribution in [0.1, 0.15) is 25.3 Å². The summed E-state index contributed by atoms with van der Waals surface area (Å²) in [6.07, 6.45) is 13.8. The lowest BCUT2D eigenvalue weighted by molar-refractivity contribution is 0.118. The molecule has 2 aromatic heterocycles. The number of pyridine rings is 1. The van der Waals surface area contributed by atoms with E-state index in [1.165, 1.54) is 5.57 Å². The number of allylic oxidation sites excluding steroid dienone is 2. The van der Waals surface area contributed by atoms with Gasteiger partial charge in [-0.25, -0.2) is 9.78 Å². The maximum Gasteiger partial charge on any atom is 0.318 e. The predicted octanol–water partition coefficient (Wildman–Crippen LogP) is 3.00. The van der Waals surface area contributed by atoms with Crippen LogP contribution in [0.3, 0.4) is 0 Å². The number of amides is 2. The highest BCUT2D eigenvalue weighted by atomic mass is 16.3. The third-order valence-electron chi connectivity index (χ3n) is 5.54. The van der Waals surface area contributed by atoms with Crippen LogP contribution in [0.4, 0.5) is 4.79 Å². The van der Waals surface area contributed by atoms with E-state index < -0.39 is 11.6 Å². The number of aromatic amines is 1. The number of fused-ring (bicyclic) bond motifs is 1. The molecule has 140 valence electrons. The summed E-state index contributed by atoms with van der Waals surface area (Å²) in [7, 11) is 0. The summed E-state index contributed by atoms with van der Waals surface area (Å²) < 4.78 is 0. The van der Waals surface area contributed by atoms with Crippen molar-refractivity contribution in [1.82, 2.24) is 20.2 Å². The van der Waals surface area contributed by atoms with E-state index in [1.54, 1.807) is 23.2 Å². The number of nitrogens with zero attached hydrogens (tertiary/aromatic N) is 2. The molecule has 27 heavy (non-hydrogen) atoms. The summed E-state index contributed by atoms with van der Waals surface area (Å²) in [5.74, 6) is 0. The number of hydrogen-bond donors (Lipinski definition) is 3. The normalized spacial score (nSPS) is 24.9. The summed E-state index contributed by atoms with van der Waals surface area (Å²) >= 11 is 0. The van der Waals surface area contributed by atoms with Crippen LogP contribution in [0, 0.1) is 0 Å². The second-order valence-corrected chi connectivity index (χ2v) is 7.04. The molecule has 1 aliphatic heterocycles. The lowest BCUT2D eigenvalue weighted by Gasteiger charge is -2.38. The van der Waals surface area contributed by atoms with E-state index in [1.807, 2.05) is 31.3 Å². The topological polar surface area (TPSA) is 81.2 Å². The van der Waals surface area contributed by atoms with Gasteiger partial charge in [-0.1, -0.05) is 37.3 Å². The second-order valence-electron chi connectivity index (χ2n) is 7.04. The molecule has 1 aliphatic carbocycles. The molecule has 2 atom stereocenters. The maximum absolute atomic E-state index is 12.8. The number of hydrogen-bond acceptors (Lipinski definition) is 3. The number of nitrogens with one attached hydrogen (secondary N) is 2. The molecule has 0 radical (unpaired) electrons. The zero-order valence-electron chi connectivity index (χ0n) is 15.4. The van der Waals surface area contributed by atoms with Gasteiger partial charge in [0.2, 0.25) is 0 Å². The Labute approximate surface area is 158 Å². The lowest BCUT2D eigenvalue weighted by atomic mass is 9.86. The lowest BCUT2D eigenvalue weighted by Crippen LogP contribution is -2.58. The van der Waals surface area contributed by atoms with Crippen LogP contribution in [0.5, 0.6) is 0 Å². The molecule has 4 rings (SSSR count). The quantitative estimate of drug-likeness (QED) is 0.783. The number of carbonyl (C=O) groups is 1. The van der Waals surface area contributed by atoms with Gasteiger partial charge in [0.05, 0.1) is 11.6 Å². The van der Waals surface area contributed by atoms with Crippen molar-refractivity contribution in [1.29, 1.82) is 0 Å². The fourth-order valence-corrected chi connectivity index (χ4v) is 3.80. The van der Waals surface area contributed by atoms with E-state index in [0.717, 1.165) is 23.0 Å². The molecular weight excluding hydrogens is 340 g/mol. The minimum Gasteiger partial charge on any atom is -0.386 e. The molecule has 0 aromatic carbocycles. The highest BCUT2D eigenvalue weighted by molar-refractivity contribution is 5.91. The van der Waals surface area contributed by atoms with Gasteiger partial charge in [-0.15, -0.1) is 0 Å². The van der Waals surface area contributed by atoms with E-state index in [-0.39, 0.29) is 6.03 Å². The molecule has 6 heteroatoms. The van der Waals surface area contributed by atoms with Gasteiger partial charge in [-0.2, -0.15) is 0 Å². The minimum absolute atomic E-state index is 0.147. The number of H-pyrrole nitrogens is 1. The van der Waals surface area contributed by atoms with Crippen molar-refractivity contribution in [3.05, 3.63) is 60.5 Å². The molecular formula is C21H24N4O2. The maximum atomic E-state index is 12.8. The molecule has 3 heterocycles. The van der Waals surface area contributed by atoms with Crippen LogP contribution in [-0.2, 0) is 0 Å². The highest BCUT2D eigenvalue weighted by Gasteiger charge is 2.36. The van der Waals surface area contributed by atoms with Gasteiger partial charge in [0.1, 0.15) is 5.65 Å². The van der Waals surface area contributed by atoms with Crippen LogP contribution >= 0.6 is 0 Å². The van der Waals surface area contributed by atoms with Gasteiger partial charge in [-0.3, -0.25) is 0 Å². The Morgan fingerprint density at radius 1 is 1.48 bits per heavy atom. The number of aromatic nitrogens is 2. The predicted molar refractivity (Wildman–Crippen MR) is 106 cm³/mol. The fourth-order valence-electron chi connectivity index (χ4n) is 3.80. The first-order valence-electron chi connectivity index (χ1n) is 9.35. The molecule has 2 aromatic rings. The summed E-state index contributed by atoms with van der Waals surface area (Å²) in [5, 5.41) is 14.5. The summed E-state index contributed by atoms with van der Waals surface area (Å²) in [4.78, 5) is 22.1. The summed E-state index contributed by atoms with van der Waals surface area (Å²) in [5.41, 5.74) is 2.52. The third-order valence-corrected chi connectivity index (χ3v) is 5.54. The van der Waals surface area contributed by atoms with E-state index in [2.05, 4.69) is 27.4 Å². The number of aliphatic hydroxyl groups excluding tert-OH is 1. The van der Waals surface area contributed by atoms with Crippen molar-refractivity contribution in [3.8, 4) is 0 Å². The van der Waals surface area contributed by atoms with Crippen LogP contribution in [0.25, 0.3) is 16.6 Å². The van der Waals surface area contributed by atoms with Gasteiger partial charge in [0.15, 0.2) is 0 Å². The number of urea groups is 1. The van der Waals surface area contributed by atoms with Gasteiger partial charge < -0.3 is 20.3 Å². The average molecular weight is 364 g/mol. The smallest absolute Gasteiger partial charge is 0.318 e. The Hall–Kier alpha value is -2.86. The Morgan fingerprint density at radius 3 is 3.11 bits per heavy atom. The molecule has 2 aliphatic rings. The largest absolute Gasteiger partial charge is 0.386 e. The molecule has 1 unspecified atom stereocenters. The Morgan fingerprint density at radius 2 is 2.37 bits per heavy atom. The Kier molecular flexibility index (Phi) is 4.58. The van der Waals surface area contributed by atoms with Crippen molar-refractivity contribution in [3.63, 3.8) is 0 Å². The third kappa shape index (κ3) is 3.17. The molecule has 0 saturated heterocycles. The van der Waals surface area contributed by atoms with Gasteiger partial charge in [0.25, 0.3) is 0 Å². The summed E-state index contributed by atoms with van der Waals surface area (Å²) in [6, 6.07) is 3.85. The number of rotatable bonds is 3. The second kappa shape index (κ2) is 7.04. The SMILES string of the molecule is CC[C@]1(NC(=O)N2CC=C(c3c[nH]c4ncccc34)CC2)C=CC=CC1O. The minimum atomic E-state index is -0.738. The monoisotopic (exact) mass is 364 g/mol. The van der Waals surface area contributed by atoms with Crippen molar-refractivity contribution in [2.24, 2.45) is 0 Å². The molecule has 3 N–H and O–H groups in total. The first-order valence-corrected chi connectivity index (χ1v) is 9.35. The standard InChI is InChI=1S/C21H24N4O2/c1-2-21(10-4-3-7-18(21)26)24-20(27)25-12-8-15(9-13-25)17-14-23-19-16(17)6-5-11-22-19/h3-8,10-11,14,18,26H,2,9,12-13H2,1H3,(H,22,23)(H,24,27)/t18?,21-/m0/s1. The number of carbonyl (C=O) groups excluding carboxylic acids is 1. The van der Waals surface area contributed by atoms with E-state index in [9.17, 15) is 9.90 Å². The van der Waals surface area contributed by atoms with Crippen molar-refractivity contribution in [2.45, 2.75) is 31.4 Å². The van der Waals surface area contributed by atoms with E-state index in [0.29, 0.717) is 19.5 Å². The number of aliphatic hydroxyl groups is 1. The van der Waals surface area contributed by atoms with Crippen LogP contribution in [0.15, 0.2) is 54.9 Å². The average Bonchev–Trinajstić information content (AvgIpc) is 3.14. The Balaban J connectivity index is 1.47. The first kappa shape index (κ1) is 17.5. The Bertz CT molecular complexity index is 943. The molecule has 6 nitrogen and oxygen atoms in total. The van der Waals surface area contributed by atoms with Crippen molar-refractivity contribution in [2.75, 3.05) is 13.1 Å².